The van der Waals surface area contributed by atoms with Crippen LogP contribution in [-0.2, 0) is 6.42 Å². The molecule has 0 radical (unpaired) electrons. The van der Waals surface area contributed by atoms with Crippen LogP contribution in [0.3, 0.4) is 0 Å². The standard InChI is InChI=1S/C13H18N2O/c1-3-11-4-6-13(7-5-11)16-9-8-12(10-14)15-2/h4-7,12,15H,3,8-9H2,1-2H3. The molecule has 0 amide bonds. The maximum absolute atomic E-state index is 8.72. The Balaban J connectivity index is 2.34. The van der Waals surface area contributed by atoms with Crippen LogP contribution in [0.4, 0.5) is 0 Å². The number of hydrogen-bond donors (Lipinski definition) is 1. The van der Waals surface area contributed by atoms with Crippen LogP contribution in [-0.4, -0.2) is 19.7 Å². The van der Waals surface area contributed by atoms with Crippen LogP contribution in [0.15, 0.2) is 24.3 Å². The van der Waals surface area contributed by atoms with E-state index in [0.717, 1.165) is 12.2 Å². The van der Waals surface area contributed by atoms with E-state index in [1.165, 1.54) is 5.56 Å². The van der Waals surface area contributed by atoms with Crippen molar-refractivity contribution in [2.75, 3.05) is 13.7 Å². The molecular formula is C13H18N2O. The lowest BCUT2D eigenvalue weighted by atomic mass is 10.2. The molecule has 0 aliphatic carbocycles. The van der Waals surface area contributed by atoms with Gasteiger partial charge in [0.15, 0.2) is 0 Å². The van der Waals surface area contributed by atoms with Gasteiger partial charge in [-0.2, -0.15) is 5.26 Å². The Bertz CT molecular complexity index is 340. The van der Waals surface area contributed by atoms with E-state index in [9.17, 15) is 0 Å². The number of nitrogens with one attached hydrogen (secondary N) is 1. The first-order chi connectivity index (χ1) is 7.80. The molecule has 1 rings (SSSR count). The van der Waals surface area contributed by atoms with E-state index in [1.54, 1.807) is 7.05 Å². The van der Waals surface area contributed by atoms with Crippen LogP contribution in [0, 0.1) is 11.3 Å². The van der Waals surface area contributed by atoms with Crippen LogP contribution in [0.25, 0.3) is 0 Å². The third-order valence-corrected chi connectivity index (χ3v) is 2.51. The van der Waals surface area contributed by atoms with Gasteiger partial charge in [-0.3, -0.25) is 0 Å². The zero-order valence-corrected chi connectivity index (χ0v) is 9.86. The molecule has 1 N–H and O–H groups in total. The molecule has 0 aliphatic heterocycles. The molecule has 16 heavy (non-hydrogen) atoms. The molecule has 3 nitrogen and oxygen atoms in total. The first-order valence-corrected chi connectivity index (χ1v) is 5.58. The van der Waals surface area contributed by atoms with E-state index in [4.69, 9.17) is 10.00 Å². The molecule has 0 saturated heterocycles. The Hall–Kier alpha value is -1.53. The van der Waals surface area contributed by atoms with Gasteiger partial charge in [0.1, 0.15) is 5.75 Å². The predicted octanol–water partition coefficient (Wildman–Crippen LogP) is 2.13. The van der Waals surface area contributed by atoms with Gasteiger partial charge < -0.3 is 10.1 Å². The molecule has 1 unspecified atom stereocenters. The molecule has 86 valence electrons. The summed E-state index contributed by atoms with van der Waals surface area (Å²) in [6.07, 6.45) is 1.74. The average molecular weight is 218 g/mol. The highest BCUT2D eigenvalue weighted by Crippen LogP contribution is 2.12. The molecule has 1 atom stereocenters. The molecule has 3 heteroatoms. The predicted molar refractivity (Wildman–Crippen MR) is 64.4 cm³/mol. The van der Waals surface area contributed by atoms with Crippen molar-refractivity contribution in [2.24, 2.45) is 0 Å². The fourth-order valence-electron chi connectivity index (χ4n) is 1.39. The minimum Gasteiger partial charge on any atom is -0.493 e. The third-order valence-electron chi connectivity index (χ3n) is 2.51. The first kappa shape index (κ1) is 12.5. The van der Waals surface area contributed by atoms with Crippen molar-refractivity contribution in [3.05, 3.63) is 29.8 Å². The first-order valence-electron chi connectivity index (χ1n) is 5.58. The second kappa shape index (κ2) is 6.86. The van der Waals surface area contributed by atoms with Crippen LogP contribution in [0.2, 0.25) is 0 Å². The quantitative estimate of drug-likeness (QED) is 0.795. The highest BCUT2D eigenvalue weighted by atomic mass is 16.5. The molecule has 0 aromatic heterocycles. The van der Waals surface area contributed by atoms with Gasteiger partial charge in [-0.1, -0.05) is 19.1 Å². The van der Waals surface area contributed by atoms with Crippen LogP contribution in [0.5, 0.6) is 5.75 Å². The number of hydrogen-bond acceptors (Lipinski definition) is 3. The topological polar surface area (TPSA) is 45.0 Å². The van der Waals surface area contributed by atoms with Gasteiger partial charge in [0, 0.05) is 6.42 Å². The van der Waals surface area contributed by atoms with E-state index in [0.29, 0.717) is 13.0 Å². The summed E-state index contributed by atoms with van der Waals surface area (Å²) in [5.41, 5.74) is 1.30. The Morgan fingerprint density at radius 1 is 1.38 bits per heavy atom. The van der Waals surface area contributed by atoms with Gasteiger partial charge in [0.25, 0.3) is 0 Å². The zero-order chi connectivity index (χ0) is 11.8. The summed E-state index contributed by atoms with van der Waals surface area (Å²) in [5.74, 6) is 0.866. The van der Waals surface area contributed by atoms with Crippen molar-refractivity contribution < 1.29 is 4.74 Å². The molecule has 0 heterocycles. The lowest BCUT2D eigenvalue weighted by Gasteiger charge is -2.09. The normalized spacial score (nSPS) is 11.8. The van der Waals surface area contributed by atoms with E-state index in [2.05, 4.69) is 30.4 Å². The summed E-state index contributed by atoms with van der Waals surface area (Å²) in [4.78, 5) is 0. The second-order valence-electron chi connectivity index (χ2n) is 3.61. The van der Waals surface area contributed by atoms with Crippen LogP contribution >= 0.6 is 0 Å². The number of rotatable bonds is 6. The summed E-state index contributed by atoms with van der Waals surface area (Å²) in [6.45, 7) is 2.69. The Morgan fingerprint density at radius 3 is 2.56 bits per heavy atom. The molecular weight excluding hydrogens is 200 g/mol. The van der Waals surface area contributed by atoms with Gasteiger partial charge in [-0.25, -0.2) is 0 Å². The zero-order valence-electron chi connectivity index (χ0n) is 9.86. The smallest absolute Gasteiger partial charge is 0.119 e. The van der Waals surface area contributed by atoms with Gasteiger partial charge in [0.05, 0.1) is 18.7 Å². The van der Waals surface area contributed by atoms with Gasteiger partial charge in [0.2, 0.25) is 0 Å². The number of ether oxygens (including phenoxy) is 1. The van der Waals surface area contributed by atoms with Gasteiger partial charge in [-0.15, -0.1) is 0 Å². The maximum atomic E-state index is 8.72. The van der Waals surface area contributed by atoms with Crippen LogP contribution < -0.4 is 10.1 Å². The van der Waals surface area contributed by atoms with Crippen molar-refractivity contribution >= 4 is 0 Å². The van der Waals surface area contributed by atoms with Gasteiger partial charge >= 0.3 is 0 Å². The Morgan fingerprint density at radius 2 is 2.06 bits per heavy atom. The summed E-state index contributed by atoms with van der Waals surface area (Å²) in [6, 6.07) is 10.1. The van der Waals surface area contributed by atoms with Crippen molar-refractivity contribution in [3.8, 4) is 11.8 Å². The van der Waals surface area contributed by atoms with Crippen LogP contribution in [0.1, 0.15) is 18.9 Å². The van der Waals surface area contributed by atoms with E-state index < -0.39 is 0 Å². The van der Waals surface area contributed by atoms with Crippen molar-refractivity contribution in [2.45, 2.75) is 25.8 Å². The van der Waals surface area contributed by atoms with E-state index in [-0.39, 0.29) is 6.04 Å². The lowest BCUT2D eigenvalue weighted by Crippen LogP contribution is -2.25. The number of nitrogens with zero attached hydrogens (tertiary/aromatic N) is 1. The van der Waals surface area contributed by atoms with Crippen molar-refractivity contribution in [1.29, 1.82) is 5.26 Å². The van der Waals surface area contributed by atoms with Gasteiger partial charge in [-0.05, 0) is 31.2 Å². The molecule has 1 aromatic carbocycles. The third kappa shape index (κ3) is 3.92. The number of aryl methyl sites for hydroxylation is 1. The van der Waals surface area contributed by atoms with Crippen molar-refractivity contribution in [3.63, 3.8) is 0 Å². The fraction of sp³-hybridized carbons (Fsp3) is 0.462. The summed E-state index contributed by atoms with van der Waals surface area (Å²) in [5, 5.41) is 11.6. The molecule has 0 bridgehead atoms. The summed E-state index contributed by atoms with van der Waals surface area (Å²) < 4.78 is 5.55. The Kier molecular flexibility index (Phi) is 5.38. The fourth-order valence-corrected chi connectivity index (χ4v) is 1.39. The summed E-state index contributed by atoms with van der Waals surface area (Å²) in [7, 11) is 1.78. The highest BCUT2D eigenvalue weighted by Gasteiger charge is 2.03. The molecule has 0 saturated carbocycles. The molecule has 0 aliphatic rings. The maximum Gasteiger partial charge on any atom is 0.119 e. The van der Waals surface area contributed by atoms with E-state index >= 15 is 0 Å². The Labute approximate surface area is 97.0 Å². The molecule has 0 fully saturated rings. The lowest BCUT2D eigenvalue weighted by molar-refractivity contribution is 0.300. The van der Waals surface area contributed by atoms with E-state index in [1.807, 2.05) is 12.1 Å². The second-order valence-corrected chi connectivity index (χ2v) is 3.61. The largest absolute Gasteiger partial charge is 0.493 e. The SMILES string of the molecule is CCc1ccc(OCCC(C#N)NC)cc1. The highest BCUT2D eigenvalue weighted by molar-refractivity contribution is 5.27. The summed E-state index contributed by atoms with van der Waals surface area (Å²) >= 11 is 0. The molecule has 1 aromatic rings. The minimum atomic E-state index is -0.130. The van der Waals surface area contributed by atoms with Crippen molar-refractivity contribution in [1.82, 2.24) is 5.32 Å². The molecule has 0 spiro atoms. The number of benzene rings is 1. The monoisotopic (exact) mass is 218 g/mol. The number of nitriles is 1. The minimum absolute atomic E-state index is 0.130. The average Bonchev–Trinajstić information content (AvgIpc) is 2.35.